The standard InChI is InChI=1S/C24H19Cl2N3O2/c1-27-24(30)21-22(19-14-17(26)11-12-20(19)31-2)29(18-10-6-9-16(25)13-18)23(28-21)15-7-4-3-5-8-15/h3-14H,1-2H3,(H,27,30). The van der Waals surface area contributed by atoms with Crippen molar-refractivity contribution in [1.29, 1.82) is 0 Å². The Bertz CT molecular complexity index is 1250. The first-order valence-electron chi connectivity index (χ1n) is 9.53. The predicted molar refractivity (Wildman–Crippen MR) is 124 cm³/mol. The number of carbonyl (C=O) groups excluding carboxylic acids is 1. The van der Waals surface area contributed by atoms with Crippen LogP contribution in [0.3, 0.4) is 0 Å². The fourth-order valence-corrected chi connectivity index (χ4v) is 3.81. The molecule has 0 unspecified atom stereocenters. The Morgan fingerprint density at radius 1 is 0.968 bits per heavy atom. The first kappa shape index (κ1) is 21.0. The first-order chi connectivity index (χ1) is 15.0. The summed E-state index contributed by atoms with van der Waals surface area (Å²) in [6, 6.07) is 22.3. The third kappa shape index (κ3) is 4.02. The highest BCUT2D eigenvalue weighted by Gasteiger charge is 2.27. The lowest BCUT2D eigenvalue weighted by molar-refractivity contribution is 0.0959. The van der Waals surface area contributed by atoms with Gasteiger partial charge in [-0.3, -0.25) is 9.36 Å². The second kappa shape index (κ2) is 8.84. The van der Waals surface area contributed by atoms with Crippen LogP contribution in [0.15, 0.2) is 72.8 Å². The van der Waals surface area contributed by atoms with Crippen LogP contribution in [-0.2, 0) is 0 Å². The van der Waals surface area contributed by atoms with Crippen molar-refractivity contribution in [2.75, 3.05) is 14.2 Å². The topological polar surface area (TPSA) is 56.2 Å². The van der Waals surface area contributed by atoms with Gasteiger partial charge in [-0.15, -0.1) is 0 Å². The maximum Gasteiger partial charge on any atom is 0.271 e. The molecule has 0 radical (unpaired) electrons. The van der Waals surface area contributed by atoms with Crippen molar-refractivity contribution >= 4 is 29.1 Å². The summed E-state index contributed by atoms with van der Waals surface area (Å²) in [4.78, 5) is 17.6. The molecule has 1 heterocycles. The molecule has 0 aliphatic rings. The molecule has 0 saturated heterocycles. The minimum atomic E-state index is -0.324. The molecule has 5 nitrogen and oxygen atoms in total. The summed E-state index contributed by atoms with van der Waals surface area (Å²) >= 11 is 12.6. The van der Waals surface area contributed by atoms with Crippen LogP contribution in [0, 0.1) is 0 Å². The molecule has 0 bridgehead atoms. The third-order valence-electron chi connectivity index (χ3n) is 4.83. The lowest BCUT2D eigenvalue weighted by atomic mass is 10.1. The van der Waals surface area contributed by atoms with E-state index in [0.717, 1.165) is 11.3 Å². The van der Waals surface area contributed by atoms with Gasteiger partial charge in [0.15, 0.2) is 5.69 Å². The number of aromatic nitrogens is 2. The monoisotopic (exact) mass is 451 g/mol. The van der Waals surface area contributed by atoms with E-state index < -0.39 is 0 Å². The number of benzene rings is 3. The first-order valence-corrected chi connectivity index (χ1v) is 10.3. The van der Waals surface area contributed by atoms with Crippen molar-refractivity contribution in [2.45, 2.75) is 0 Å². The Labute approximate surface area is 190 Å². The number of amides is 1. The number of methoxy groups -OCH3 is 1. The molecule has 4 rings (SSSR count). The molecule has 0 atom stereocenters. The van der Waals surface area contributed by atoms with Crippen molar-refractivity contribution in [3.63, 3.8) is 0 Å². The third-order valence-corrected chi connectivity index (χ3v) is 5.30. The lowest BCUT2D eigenvalue weighted by Crippen LogP contribution is -2.19. The number of carbonyl (C=O) groups is 1. The van der Waals surface area contributed by atoms with Crippen LogP contribution in [0.25, 0.3) is 28.3 Å². The molecule has 0 fully saturated rings. The molecular formula is C24H19Cl2N3O2. The van der Waals surface area contributed by atoms with Crippen LogP contribution in [0.4, 0.5) is 0 Å². The van der Waals surface area contributed by atoms with E-state index in [0.29, 0.717) is 32.9 Å². The van der Waals surface area contributed by atoms with E-state index in [2.05, 4.69) is 5.32 Å². The zero-order valence-electron chi connectivity index (χ0n) is 16.9. The molecule has 0 aliphatic heterocycles. The SMILES string of the molecule is CNC(=O)c1nc(-c2ccccc2)n(-c2cccc(Cl)c2)c1-c1cc(Cl)ccc1OC. The molecule has 4 aromatic rings. The highest BCUT2D eigenvalue weighted by molar-refractivity contribution is 6.31. The van der Waals surface area contributed by atoms with Gasteiger partial charge in [-0.25, -0.2) is 4.98 Å². The Kier molecular flexibility index (Phi) is 5.98. The lowest BCUT2D eigenvalue weighted by Gasteiger charge is -2.16. The largest absolute Gasteiger partial charge is 0.496 e. The number of imidazole rings is 1. The van der Waals surface area contributed by atoms with Crippen LogP contribution in [0.2, 0.25) is 10.0 Å². The van der Waals surface area contributed by atoms with E-state index in [1.807, 2.05) is 53.1 Å². The summed E-state index contributed by atoms with van der Waals surface area (Å²) < 4.78 is 7.50. The Morgan fingerprint density at radius 3 is 2.39 bits per heavy atom. The van der Waals surface area contributed by atoms with Gasteiger partial charge >= 0.3 is 0 Å². The van der Waals surface area contributed by atoms with Gasteiger partial charge < -0.3 is 10.1 Å². The average Bonchev–Trinajstić information content (AvgIpc) is 3.19. The van der Waals surface area contributed by atoms with Crippen LogP contribution in [0.5, 0.6) is 5.75 Å². The summed E-state index contributed by atoms with van der Waals surface area (Å²) in [6.45, 7) is 0. The summed E-state index contributed by atoms with van der Waals surface area (Å²) in [5, 5.41) is 3.76. The van der Waals surface area contributed by atoms with E-state index in [1.165, 1.54) is 0 Å². The zero-order chi connectivity index (χ0) is 22.0. The van der Waals surface area contributed by atoms with Crippen LogP contribution >= 0.6 is 23.2 Å². The molecule has 31 heavy (non-hydrogen) atoms. The van der Waals surface area contributed by atoms with E-state index in [-0.39, 0.29) is 11.6 Å². The number of nitrogens with one attached hydrogen (secondary N) is 1. The summed E-state index contributed by atoms with van der Waals surface area (Å²) in [5.41, 5.74) is 3.05. The van der Waals surface area contributed by atoms with Gasteiger partial charge in [0.05, 0.1) is 12.8 Å². The molecule has 0 aliphatic carbocycles. The van der Waals surface area contributed by atoms with Crippen LogP contribution < -0.4 is 10.1 Å². The molecule has 1 N–H and O–H groups in total. The van der Waals surface area contributed by atoms with Crippen molar-refractivity contribution in [2.24, 2.45) is 0 Å². The maximum absolute atomic E-state index is 12.9. The molecular weight excluding hydrogens is 433 g/mol. The molecule has 0 saturated carbocycles. The Morgan fingerprint density at radius 2 is 1.71 bits per heavy atom. The van der Waals surface area contributed by atoms with Crippen molar-refractivity contribution in [3.8, 4) is 34.1 Å². The molecule has 1 aromatic heterocycles. The average molecular weight is 452 g/mol. The number of rotatable bonds is 5. The Balaban J connectivity index is 2.15. The molecule has 1 amide bonds. The minimum Gasteiger partial charge on any atom is -0.496 e. The zero-order valence-corrected chi connectivity index (χ0v) is 18.4. The van der Waals surface area contributed by atoms with Crippen molar-refractivity contribution in [1.82, 2.24) is 14.9 Å². The number of hydrogen-bond acceptors (Lipinski definition) is 3. The summed E-state index contributed by atoms with van der Waals surface area (Å²) in [7, 11) is 3.15. The minimum absolute atomic E-state index is 0.252. The number of hydrogen-bond donors (Lipinski definition) is 1. The quantitative estimate of drug-likeness (QED) is 0.411. The van der Waals surface area contributed by atoms with Gasteiger partial charge in [0.2, 0.25) is 0 Å². The number of nitrogens with zero attached hydrogens (tertiary/aromatic N) is 2. The van der Waals surface area contributed by atoms with Gasteiger partial charge in [0.1, 0.15) is 11.6 Å². The number of halogens is 2. The fourth-order valence-electron chi connectivity index (χ4n) is 3.46. The fraction of sp³-hybridized carbons (Fsp3) is 0.0833. The normalized spacial score (nSPS) is 10.7. The highest BCUT2D eigenvalue weighted by Crippen LogP contribution is 2.39. The Hall–Kier alpha value is -3.28. The molecule has 3 aromatic carbocycles. The van der Waals surface area contributed by atoms with Gasteiger partial charge in [-0.2, -0.15) is 0 Å². The van der Waals surface area contributed by atoms with E-state index >= 15 is 0 Å². The molecule has 156 valence electrons. The molecule has 0 spiro atoms. The van der Waals surface area contributed by atoms with Crippen molar-refractivity contribution < 1.29 is 9.53 Å². The summed E-state index contributed by atoms with van der Waals surface area (Å²) in [5.74, 6) is 0.839. The van der Waals surface area contributed by atoms with Crippen LogP contribution in [0.1, 0.15) is 10.5 Å². The van der Waals surface area contributed by atoms with E-state index in [9.17, 15) is 4.79 Å². The molecule has 7 heteroatoms. The van der Waals surface area contributed by atoms with Gasteiger partial charge in [0, 0.05) is 33.9 Å². The van der Waals surface area contributed by atoms with Crippen molar-refractivity contribution in [3.05, 3.63) is 88.5 Å². The smallest absolute Gasteiger partial charge is 0.271 e. The van der Waals surface area contributed by atoms with Crippen LogP contribution in [-0.4, -0.2) is 29.6 Å². The predicted octanol–water partition coefficient (Wildman–Crippen LogP) is 5.88. The van der Waals surface area contributed by atoms with Gasteiger partial charge in [0.25, 0.3) is 5.91 Å². The number of ether oxygens (including phenoxy) is 1. The van der Waals surface area contributed by atoms with Gasteiger partial charge in [-0.1, -0.05) is 59.6 Å². The summed E-state index contributed by atoms with van der Waals surface area (Å²) in [6.07, 6.45) is 0. The second-order valence-corrected chi connectivity index (χ2v) is 7.61. The van der Waals surface area contributed by atoms with Gasteiger partial charge in [-0.05, 0) is 36.4 Å². The second-order valence-electron chi connectivity index (χ2n) is 6.74. The van der Waals surface area contributed by atoms with E-state index in [4.69, 9.17) is 32.9 Å². The maximum atomic E-state index is 12.9. The van der Waals surface area contributed by atoms with E-state index in [1.54, 1.807) is 38.4 Å². The highest BCUT2D eigenvalue weighted by atomic mass is 35.5.